The molecular weight excluding hydrogens is 248 g/mol. The zero-order valence-electron chi connectivity index (χ0n) is 12.6. The molecule has 2 aromatic rings. The molecule has 0 saturated carbocycles. The third-order valence-electron chi connectivity index (χ3n) is 3.27. The summed E-state index contributed by atoms with van der Waals surface area (Å²) in [6.45, 7) is 8.40. The summed E-state index contributed by atoms with van der Waals surface area (Å²) >= 11 is 0. The fourth-order valence-corrected chi connectivity index (χ4v) is 2.23. The molecule has 0 amide bonds. The molecule has 1 N–H and O–H groups in total. The van der Waals surface area contributed by atoms with Crippen molar-refractivity contribution in [2.45, 2.75) is 40.2 Å². The van der Waals surface area contributed by atoms with E-state index in [2.05, 4.69) is 55.5 Å². The minimum Gasteiger partial charge on any atom is -0.356 e. The maximum absolute atomic E-state index is 5.42. The molecular formula is C17H24N2O. The number of hydrogen-bond donors (Lipinski definition) is 1. The molecule has 20 heavy (non-hydrogen) atoms. The Kier molecular flexibility index (Phi) is 5.36. The van der Waals surface area contributed by atoms with Gasteiger partial charge in [-0.3, -0.25) is 0 Å². The van der Waals surface area contributed by atoms with Gasteiger partial charge in [-0.1, -0.05) is 56.6 Å². The predicted molar refractivity (Wildman–Crippen MR) is 82.5 cm³/mol. The molecule has 2 rings (SSSR count). The van der Waals surface area contributed by atoms with Crippen LogP contribution in [0.3, 0.4) is 0 Å². The smallest absolute Gasteiger partial charge is 0.171 e. The lowest BCUT2D eigenvalue weighted by Crippen LogP contribution is -2.18. The Labute approximate surface area is 121 Å². The van der Waals surface area contributed by atoms with Gasteiger partial charge >= 0.3 is 0 Å². The molecule has 0 bridgehead atoms. The Bertz CT molecular complexity index is 514. The van der Waals surface area contributed by atoms with E-state index >= 15 is 0 Å². The summed E-state index contributed by atoms with van der Waals surface area (Å²) in [4.78, 5) is 0. The van der Waals surface area contributed by atoms with Crippen molar-refractivity contribution in [1.82, 2.24) is 10.5 Å². The maximum Gasteiger partial charge on any atom is 0.171 e. The van der Waals surface area contributed by atoms with Crippen LogP contribution in [0, 0.1) is 5.92 Å². The highest BCUT2D eigenvalue weighted by atomic mass is 16.5. The second-order valence-corrected chi connectivity index (χ2v) is 5.65. The first-order chi connectivity index (χ1) is 9.70. The summed E-state index contributed by atoms with van der Waals surface area (Å²) in [6.07, 6.45) is 4.11. The van der Waals surface area contributed by atoms with E-state index in [1.807, 2.05) is 6.20 Å². The lowest BCUT2D eigenvalue weighted by Gasteiger charge is -2.07. The van der Waals surface area contributed by atoms with Gasteiger partial charge in [-0.2, -0.15) is 0 Å². The topological polar surface area (TPSA) is 38.1 Å². The minimum atomic E-state index is 0.645. The van der Waals surface area contributed by atoms with E-state index in [4.69, 9.17) is 4.52 Å². The highest BCUT2D eigenvalue weighted by Crippen LogP contribution is 2.24. The van der Waals surface area contributed by atoms with E-state index < -0.39 is 0 Å². The third kappa shape index (κ3) is 3.94. The van der Waals surface area contributed by atoms with Gasteiger partial charge in [0.25, 0.3) is 0 Å². The molecule has 0 atom stereocenters. The monoisotopic (exact) mass is 272 g/mol. The van der Waals surface area contributed by atoms with Gasteiger partial charge in [-0.15, -0.1) is 0 Å². The van der Waals surface area contributed by atoms with Crippen LogP contribution in [-0.4, -0.2) is 11.7 Å². The Morgan fingerprint density at radius 2 is 1.95 bits per heavy atom. The predicted octanol–water partition coefficient (Wildman–Crippen LogP) is 4.04. The first-order valence-electron chi connectivity index (χ1n) is 7.44. The Hall–Kier alpha value is -1.61. The molecule has 3 nitrogen and oxygen atoms in total. The van der Waals surface area contributed by atoms with Gasteiger partial charge < -0.3 is 9.84 Å². The van der Waals surface area contributed by atoms with Gasteiger partial charge in [0.05, 0.1) is 6.20 Å². The van der Waals surface area contributed by atoms with Gasteiger partial charge in [0.15, 0.2) is 5.76 Å². The van der Waals surface area contributed by atoms with Crippen LogP contribution >= 0.6 is 0 Å². The zero-order chi connectivity index (χ0) is 14.4. The Morgan fingerprint density at radius 3 is 2.60 bits per heavy atom. The molecule has 0 aliphatic carbocycles. The van der Waals surface area contributed by atoms with Crippen molar-refractivity contribution in [1.29, 1.82) is 0 Å². The number of benzene rings is 1. The largest absolute Gasteiger partial charge is 0.356 e. The molecule has 0 radical (unpaired) electrons. The number of nitrogens with one attached hydrogen (secondary N) is 1. The number of rotatable bonds is 7. The second kappa shape index (κ2) is 7.25. The molecule has 1 heterocycles. The normalized spacial score (nSPS) is 11.2. The van der Waals surface area contributed by atoms with Crippen molar-refractivity contribution in [3.63, 3.8) is 0 Å². The highest BCUT2D eigenvalue weighted by Gasteiger charge is 2.10. The van der Waals surface area contributed by atoms with Gasteiger partial charge in [-0.25, -0.2) is 0 Å². The van der Waals surface area contributed by atoms with Crippen molar-refractivity contribution in [3.05, 3.63) is 41.6 Å². The van der Waals surface area contributed by atoms with E-state index in [9.17, 15) is 0 Å². The van der Waals surface area contributed by atoms with Crippen molar-refractivity contribution in [2.24, 2.45) is 5.92 Å². The quantitative estimate of drug-likeness (QED) is 0.826. The minimum absolute atomic E-state index is 0.645. The van der Waals surface area contributed by atoms with E-state index in [0.717, 1.165) is 36.4 Å². The molecule has 3 heteroatoms. The van der Waals surface area contributed by atoms with E-state index in [1.54, 1.807) is 0 Å². The first kappa shape index (κ1) is 14.8. The lowest BCUT2D eigenvalue weighted by atomic mass is 10.0. The summed E-state index contributed by atoms with van der Waals surface area (Å²) in [5, 5.41) is 7.37. The molecule has 1 aromatic heterocycles. The summed E-state index contributed by atoms with van der Waals surface area (Å²) < 4.78 is 5.42. The van der Waals surface area contributed by atoms with E-state index in [-0.39, 0.29) is 0 Å². The summed E-state index contributed by atoms with van der Waals surface area (Å²) in [5.41, 5.74) is 3.59. The molecule has 0 saturated heterocycles. The molecule has 0 aliphatic heterocycles. The maximum atomic E-state index is 5.42. The first-order valence-corrected chi connectivity index (χ1v) is 7.44. The van der Waals surface area contributed by atoms with E-state index in [0.29, 0.717) is 5.92 Å². The number of nitrogens with zero attached hydrogens (tertiary/aromatic N) is 1. The lowest BCUT2D eigenvalue weighted by molar-refractivity contribution is 0.431. The second-order valence-electron chi connectivity index (χ2n) is 5.65. The van der Waals surface area contributed by atoms with Crippen LogP contribution in [0.1, 0.15) is 38.3 Å². The SMILES string of the molecule is CCCc1ccc(-c2oncc2CNCC(C)C)cc1. The highest BCUT2D eigenvalue weighted by molar-refractivity contribution is 5.61. The molecule has 0 unspecified atom stereocenters. The summed E-state index contributed by atoms with van der Waals surface area (Å²) in [6, 6.07) is 8.59. The fourth-order valence-electron chi connectivity index (χ4n) is 2.23. The average Bonchev–Trinajstić information content (AvgIpc) is 2.88. The van der Waals surface area contributed by atoms with Crippen molar-refractivity contribution >= 4 is 0 Å². The van der Waals surface area contributed by atoms with Crippen molar-refractivity contribution in [3.8, 4) is 11.3 Å². The summed E-state index contributed by atoms with van der Waals surface area (Å²) in [5.74, 6) is 1.52. The molecule has 0 spiro atoms. The molecule has 1 aromatic carbocycles. The molecule has 0 fully saturated rings. The van der Waals surface area contributed by atoms with E-state index in [1.165, 1.54) is 12.0 Å². The number of aromatic nitrogens is 1. The number of aryl methyl sites for hydroxylation is 1. The van der Waals surface area contributed by atoms with Crippen LogP contribution in [0.5, 0.6) is 0 Å². The van der Waals surface area contributed by atoms with Crippen LogP contribution in [0.25, 0.3) is 11.3 Å². The zero-order valence-corrected chi connectivity index (χ0v) is 12.6. The average molecular weight is 272 g/mol. The van der Waals surface area contributed by atoms with Crippen molar-refractivity contribution in [2.75, 3.05) is 6.54 Å². The van der Waals surface area contributed by atoms with Gasteiger partial charge in [0, 0.05) is 17.7 Å². The Balaban J connectivity index is 2.06. The van der Waals surface area contributed by atoms with Crippen LogP contribution < -0.4 is 5.32 Å². The van der Waals surface area contributed by atoms with Crippen molar-refractivity contribution < 1.29 is 4.52 Å². The standard InChI is InChI=1S/C17H24N2O/c1-4-5-14-6-8-15(9-7-14)17-16(12-19-20-17)11-18-10-13(2)3/h6-9,12-13,18H,4-5,10-11H2,1-3H3. The van der Waals surface area contributed by atoms with Gasteiger partial charge in [-0.05, 0) is 24.4 Å². The Morgan fingerprint density at radius 1 is 1.20 bits per heavy atom. The van der Waals surface area contributed by atoms with Crippen LogP contribution in [0.15, 0.2) is 35.0 Å². The molecule has 0 aliphatic rings. The van der Waals surface area contributed by atoms with Crippen LogP contribution in [-0.2, 0) is 13.0 Å². The fraction of sp³-hybridized carbons (Fsp3) is 0.471. The van der Waals surface area contributed by atoms with Crippen LogP contribution in [0.2, 0.25) is 0 Å². The third-order valence-corrected chi connectivity index (χ3v) is 3.27. The summed E-state index contributed by atoms with van der Waals surface area (Å²) in [7, 11) is 0. The van der Waals surface area contributed by atoms with Crippen LogP contribution in [0.4, 0.5) is 0 Å². The molecule has 108 valence electrons. The van der Waals surface area contributed by atoms with Gasteiger partial charge in [0.1, 0.15) is 0 Å². The number of hydrogen-bond acceptors (Lipinski definition) is 3. The van der Waals surface area contributed by atoms with Gasteiger partial charge in [0.2, 0.25) is 0 Å².